The number of carboxylic acids is 1. The second kappa shape index (κ2) is 51.7. The van der Waals surface area contributed by atoms with E-state index in [1.807, 2.05) is 0 Å². The Kier molecular flexibility index (Phi) is 65.9. The fourth-order valence-corrected chi connectivity index (χ4v) is 3.12. The summed E-state index contributed by atoms with van der Waals surface area (Å²) in [6.07, 6.45) is 26.3. The predicted molar refractivity (Wildman–Crippen MR) is 153 cm³/mol. The molecule has 0 aromatic rings. The monoisotopic (exact) mass is 554 g/mol. The first-order valence-corrected chi connectivity index (χ1v) is 15.1. The van der Waals surface area contributed by atoms with E-state index < -0.39 is 5.97 Å². The van der Waals surface area contributed by atoms with Gasteiger partial charge in [-0.25, -0.2) is 0 Å². The smallest absolute Gasteiger partial charge is 0.303 e. The molecule has 6 heteroatoms. The molecule has 0 aliphatic rings. The Morgan fingerprint density at radius 1 is 0.417 bits per heavy atom. The average molecular weight is 555 g/mol. The molecule has 0 heterocycles. The van der Waals surface area contributed by atoms with Crippen LogP contribution in [0.15, 0.2) is 0 Å². The van der Waals surface area contributed by atoms with Crippen LogP contribution < -0.4 is 0 Å². The topological polar surface area (TPSA) is 98.0 Å². The molecule has 220 valence electrons. The summed E-state index contributed by atoms with van der Waals surface area (Å²) in [5, 5.41) is 32.7. The second-order valence-electron chi connectivity index (χ2n) is 9.32. The van der Waals surface area contributed by atoms with Gasteiger partial charge in [0, 0.05) is 48.0 Å². The normalized spacial score (nSPS) is 9.53. The Labute approximate surface area is 241 Å². The number of unbranched alkanes of at least 4 members (excludes halogenated alkanes) is 17. The van der Waals surface area contributed by atoms with E-state index in [-0.39, 0.29) is 21.7 Å². The Morgan fingerprint density at radius 3 is 0.806 bits per heavy atom. The van der Waals surface area contributed by atoms with Crippen LogP contribution in [0.4, 0.5) is 0 Å². The minimum absolute atomic E-state index is 0. The first kappa shape index (κ1) is 45.9. The van der Waals surface area contributed by atoms with Gasteiger partial charge in [0.25, 0.3) is 0 Å². The molecule has 0 bridgehead atoms. The number of rotatable bonds is 22. The summed E-state index contributed by atoms with van der Waals surface area (Å²) < 4.78 is 0. The van der Waals surface area contributed by atoms with Gasteiger partial charge in [0.1, 0.15) is 0 Å². The van der Waals surface area contributed by atoms with Crippen molar-refractivity contribution in [1.29, 1.82) is 0 Å². The maximum atomic E-state index is 10.3. The van der Waals surface area contributed by atoms with Crippen LogP contribution >= 0.6 is 0 Å². The van der Waals surface area contributed by atoms with Crippen molar-refractivity contribution >= 4 is 5.97 Å². The van der Waals surface area contributed by atoms with Crippen LogP contribution in [0.25, 0.3) is 0 Å². The summed E-state index contributed by atoms with van der Waals surface area (Å²) in [6.45, 7) is 9.46. The largest absolute Gasteiger partial charge is 0.481 e. The quantitative estimate of drug-likeness (QED) is 0.0793. The zero-order chi connectivity index (χ0) is 27.3. The molecule has 0 fully saturated rings. The Morgan fingerprint density at radius 2 is 0.639 bits per heavy atom. The second-order valence-corrected chi connectivity index (χ2v) is 9.32. The third-order valence-electron chi connectivity index (χ3n) is 5.53. The SMILES string of the molecule is CCCCCCCCCCCCCCCCCC(=O)O.CCCCO.CCCCO.CCCCO.[Ti]. The molecule has 0 aromatic carbocycles. The molecular formula is C30H66O5Ti. The average Bonchev–Trinajstić information content (AvgIpc) is 2.84. The van der Waals surface area contributed by atoms with Crippen molar-refractivity contribution in [3.05, 3.63) is 0 Å². The zero-order valence-electron chi connectivity index (χ0n) is 24.9. The van der Waals surface area contributed by atoms with Crippen LogP contribution in [-0.4, -0.2) is 46.2 Å². The van der Waals surface area contributed by atoms with Gasteiger partial charge in [-0.1, -0.05) is 137 Å². The van der Waals surface area contributed by atoms with E-state index in [0.29, 0.717) is 26.2 Å². The maximum absolute atomic E-state index is 10.3. The summed E-state index contributed by atoms with van der Waals surface area (Å²) in [6, 6.07) is 0. The fourth-order valence-electron chi connectivity index (χ4n) is 3.12. The Bertz CT molecular complexity index is 310. The van der Waals surface area contributed by atoms with Crippen LogP contribution in [0, 0.1) is 0 Å². The third-order valence-corrected chi connectivity index (χ3v) is 5.53. The number of aliphatic hydroxyl groups is 3. The van der Waals surface area contributed by atoms with Gasteiger partial charge in [0.2, 0.25) is 0 Å². The van der Waals surface area contributed by atoms with E-state index in [4.69, 9.17) is 20.4 Å². The number of hydrogen-bond acceptors (Lipinski definition) is 4. The van der Waals surface area contributed by atoms with Crippen molar-refractivity contribution in [3.63, 3.8) is 0 Å². The van der Waals surface area contributed by atoms with Gasteiger partial charge in [-0.2, -0.15) is 0 Å². The molecule has 36 heavy (non-hydrogen) atoms. The van der Waals surface area contributed by atoms with Gasteiger partial charge in [-0.05, 0) is 25.7 Å². The molecule has 4 N–H and O–H groups in total. The number of hydrogen-bond donors (Lipinski definition) is 4. The van der Waals surface area contributed by atoms with Crippen LogP contribution in [0.5, 0.6) is 0 Å². The minimum atomic E-state index is -0.653. The summed E-state index contributed by atoms with van der Waals surface area (Å²) in [7, 11) is 0. The number of carbonyl (C=O) groups is 1. The van der Waals surface area contributed by atoms with Crippen LogP contribution in [0.1, 0.15) is 169 Å². The van der Waals surface area contributed by atoms with Crippen LogP contribution in [0.2, 0.25) is 0 Å². The molecule has 0 atom stereocenters. The summed E-state index contributed by atoms with van der Waals surface area (Å²) >= 11 is 0. The van der Waals surface area contributed by atoms with E-state index >= 15 is 0 Å². The van der Waals surface area contributed by atoms with Gasteiger partial charge >= 0.3 is 5.97 Å². The van der Waals surface area contributed by atoms with Gasteiger partial charge in [0.15, 0.2) is 0 Å². The van der Waals surface area contributed by atoms with Crippen molar-refractivity contribution in [3.8, 4) is 0 Å². The molecule has 0 aromatic heterocycles. The Hall–Kier alpha value is 0.0643. The van der Waals surface area contributed by atoms with E-state index in [2.05, 4.69) is 27.7 Å². The number of aliphatic carboxylic acids is 1. The number of carboxylic acid groups (broad SMARTS) is 1. The third kappa shape index (κ3) is 70.0. The maximum Gasteiger partial charge on any atom is 0.303 e. The first-order valence-electron chi connectivity index (χ1n) is 15.1. The molecule has 0 aliphatic carbocycles. The van der Waals surface area contributed by atoms with Crippen molar-refractivity contribution in [1.82, 2.24) is 0 Å². The molecule has 0 spiro atoms. The Balaban J connectivity index is -0.000000163. The van der Waals surface area contributed by atoms with E-state index in [9.17, 15) is 4.79 Å². The van der Waals surface area contributed by atoms with Crippen molar-refractivity contribution in [2.75, 3.05) is 19.8 Å². The van der Waals surface area contributed by atoms with Gasteiger partial charge in [-0.15, -0.1) is 0 Å². The molecule has 0 unspecified atom stereocenters. The van der Waals surface area contributed by atoms with E-state index in [1.165, 1.54) is 83.5 Å². The van der Waals surface area contributed by atoms with Crippen molar-refractivity contribution in [2.24, 2.45) is 0 Å². The van der Waals surface area contributed by atoms with Gasteiger partial charge < -0.3 is 20.4 Å². The van der Waals surface area contributed by atoms with Crippen molar-refractivity contribution in [2.45, 2.75) is 169 Å². The zero-order valence-corrected chi connectivity index (χ0v) is 26.4. The summed E-state index contributed by atoms with van der Waals surface area (Å²) in [5.41, 5.74) is 0. The minimum Gasteiger partial charge on any atom is -0.481 e. The molecular weight excluding hydrogens is 488 g/mol. The van der Waals surface area contributed by atoms with Crippen LogP contribution in [0.3, 0.4) is 0 Å². The summed E-state index contributed by atoms with van der Waals surface area (Å²) in [4.78, 5) is 10.3. The molecule has 0 radical (unpaired) electrons. The standard InChI is InChI=1S/C18H36O2.3C4H10O.Ti/c1-2-3-4-5-6-7-8-9-10-11-12-13-14-15-16-17-18(19)20;3*1-2-3-4-5;/h2-17H2,1H3,(H,19,20);3*5H,2-4H2,1H3;. The van der Waals surface area contributed by atoms with Crippen LogP contribution in [-0.2, 0) is 26.5 Å². The van der Waals surface area contributed by atoms with Crippen molar-refractivity contribution < 1.29 is 46.9 Å². The first-order chi connectivity index (χ1) is 17.0. The predicted octanol–water partition coefficient (Wildman–Crippen LogP) is 8.67. The van der Waals surface area contributed by atoms with E-state index in [1.54, 1.807) is 0 Å². The number of aliphatic hydroxyl groups excluding tert-OH is 3. The van der Waals surface area contributed by atoms with E-state index in [0.717, 1.165) is 51.4 Å². The summed E-state index contributed by atoms with van der Waals surface area (Å²) in [5.74, 6) is -0.653. The molecule has 0 saturated carbocycles. The molecule has 0 aliphatic heterocycles. The molecule has 0 saturated heterocycles. The van der Waals surface area contributed by atoms with Gasteiger partial charge in [-0.3, -0.25) is 4.79 Å². The molecule has 0 amide bonds. The fraction of sp³-hybridized carbons (Fsp3) is 0.967. The van der Waals surface area contributed by atoms with Gasteiger partial charge in [0.05, 0.1) is 0 Å². The molecule has 5 nitrogen and oxygen atoms in total. The molecule has 0 rings (SSSR count).